The van der Waals surface area contributed by atoms with E-state index in [0.29, 0.717) is 0 Å². The first-order valence-corrected chi connectivity index (χ1v) is 3.85. The molecule has 0 radical (unpaired) electrons. The molecule has 1 aliphatic rings. The van der Waals surface area contributed by atoms with Crippen molar-refractivity contribution in [2.45, 2.75) is 12.6 Å². The molecule has 0 saturated carbocycles. The van der Waals surface area contributed by atoms with Crippen LogP contribution in [0.25, 0.3) is 0 Å². The highest BCUT2D eigenvalue weighted by atomic mass is 16.7. The van der Waals surface area contributed by atoms with E-state index < -0.39 is 5.72 Å². The lowest BCUT2D eigenvalue weighted by atomic mass is 10.1. The SMILES string of the molecule is COC1(C)NOc2ccccc21. The molecular formula is C9H11NO2. The van der Waals surface area contributed by atoms with Gasteiger partial charge in [-0.3, -0.25) is 0 Å². The van der Waals surface area contributed by atoms with E-state index in [1.807, 2.05) is 31.2 Å². The summed E-state index contributed by atoms with van der Waals surface area (Å²) in [5, 5.41) is 0. The number of hydrogen-bond acceptors (Lipinski definition) is 3. The molecule has 1 unspecified atom stereocenters. The number of para-hydroxylation sites is 1. The topological polar surface area (TPSA) is 30.5 Å². The van der Waals surface area contributed by atoms with Gasteiger partial charge in [0.15, 0.2) is 11.5 Å². The molecule has 64 valence electrons. The second-order valence-electron chi connectivity index (χ2n) is 2.94. The minimum Gasteiger partial charge on any atom is -0.405 e. The molecule has 0 spiro atoms. The van der Waals surface area contributed by atoms with Crippen molar-refractivity contribution in [2.75, 3.05) is 7.11 Å². The van der Waals surface area contributed by atoms with E-state index in [2.05, 4.69) is 5.48 Å². The van der Waals surface area contributed by atoms with E-state index in [0.717, 1.165) is 11.3 Å². The van der Waals surface area contributed by atoms with Crippen molar-refractivity contribution in [3.05, 3.63) is 29.8 Å². The maximum absolute atomic E-state index is 5.29. The minimum atomic E-state index is -0.503. The van der Waals surface area contributed by atoms with Crippen LogP contribution in [0.2, 0.25) is 0 Å². The van der Waals surface area contributed by atoms with Crippen LogP contribution in [0, 0.1) is 0 Å². The molecule has 1 aromatic carbocycles. The third-order valence-corrected chi connectivity index (χ3v) is 2.17. The Morgan fingerprint density at radius 1 is 1.42 bits per heavy atom. The van der Waals surface area contributed by atoms with E-state index in [-0.39, 0.29) is 0 Å². The van der Waals surface area contributed by atoms with Crippen LogP contribution in [-0.2, 0) is 10.5 Å². The van der Waals surface area contributed by atoms with E-state index in [9.17, 15) is 0 Å². The normalized spacial score (nSPS) is 26.5. The molecular weight excluding hydrogens is 154 g/mol. The molecule has 1 aromatic rings. The van der Waals surface area contributed by atoms with E-state index in [4.69, 9.17) is 9.57 Å². The Hall–Kier alpha value is -1.06. The molecule has 0 saturated heterocycles. The van der Waals surface area contributed by atoms with Gasteiger partial charge in [0.05, 0.1) is 0 Å². The van der Waals surface area contributed by atoms with Gasteiger partial charge in [0, 0.05) is 12.7 Å². The number of benzene rings is 1. The van der Waals surface area contributed by atoms with Gasteiger partial charge in [-0.05, 0) is 13.0 Å². The van der Waals surface area contributed by atoms with Gasteiger partial charge in [0.2, 0.25) is 0 Å². The fraction of sp³-hybridized carbons (Fsp3) is 0.333. The van der Waals surface area contributed by atoms with Crippen molar-refractivity contribution >= 4 is 0 Å². The molecule has 1 aliphatic heterocycles. The van der Waals surface area contributed by atoms with Crippen molar-refractivity contribution in [1.29, 1.82) is 0 Å². The Morgan fingerprint density at radius 2 is 2.17 bits per heavy atom. The van der Waals surface area contributed by atoms with E-state index >= 15 is 0 Å². The van der Waals surface area contributed by atoms with Gasteiger partial charge in [-0.25, -0.2) is 0 Å². The van der Waals surface area contributed by atoms with Crippen LogP contribution < -0.4 is 10.3 Å². The average molecular weight is 165 g/mol. The van der Waals surface area contributed by atoms with Crippen LogP contribution in [0.4, 0.5) is 0 Å². The third kappa shape index (κ3) is 0.906. The summed E-state index contributed by atoms with van der Waals surface area (Å²) in [7, 11) is 1.65. The summed E-state index contributed by atoms with van der Waals surface area (Å²) < 4.78 is 5.29. The summed E-state index contributed by atoms with van der Waals surface area (Å²) in [5.41, 5.74) is 3.36. The maximum Gasteiger partial charge on any atom is 0.176 e. The van der Waals surface area contributed by atoms with Crippen molar-refractivity contribution in [1.82, 2.24) is 5.48 Å². The lowest BCUT2D eigenvalue weighted by Gasteiger charge is -2.20. The Labute approximate surface area is 71.3 Å². The number of rotatable bonds is 1. The molecule has 0 aromatic heterocycles. The zero-order valence-corrected chi connectivity index (χ0v) is 7.13. The molecule has 2 rings (SSSR count). The van der Waals surface area contributed by atoms with E-state index in [1.165, 1.54) is 0 Å². The van der Waals surface area contributed by atoms with Gasteiger partial charge in [0.25, 0.3) is 0 Å². The first-order chi connectivity index (χ1) is 5.76. The number of methoxy groups -OCH3 is 1. The minimum absolute atomic E-state index is 0.503. The molecule has 0 fully saturated rings. The third-order valence-electron chi connectivity index (χ3n) is 2.17. The highest BCUT2D eigenvalue weighted by Crippen LogP contribution is 2.34. The van der Waals surface area contributed by atoms with Gasteiger partial charge in [-0.1, -0.05) is 18.2 Å². The smallest absolute Gasteiger partial charge is 0.176 e. The number of ether oxygens (including phenoxy) is 1. The molecule has 1 heterocycles. The predicted molar refractivity (Wildman–Crippen MR) is 44.6 cm³/mol. The number of hydroxylamine groups is 1. The van der Waals surface area contributed by atoms with Gasteiger partial charge >= 0.3 is 0 Å². The van der Waals surface area contributed by atoms with Gasteiger partial charge in [0.1, 0.15) is 0 Å². The average Bonchev–Trinajstić information content (AvgIpc) is 2.46. The fourth-order valence-electron chi connectivity index (χ4n) is 1.31. The molecule has 12 heavy (non-hydrogen) atoms. The second-order valence-corrected chi connectivity index (χ2v) is 2.94. The van der Waals surface area contributed by atoms with E-state index in [1.54, 1.807) is 7.11 Å². The lowest BCUT2D eigenvalue weighted by molar-refractivity contribution is -0.0746. The standard InChI is InChI=1S/C9H11NO2/c1-9(11-2)7-5-3-4-6-8(7)12-10-9/h3-6,10H,1-2H3. The molecule has 0 amide bonds. The largest absolute Gasteiger partial charge is 0.405 e. The zero-order valence-electron chi connectivity index (χ0n) is 7.13. The monoisotopic (exact) mass is 165 g/mol. The summed E-state index contributed by atoms with van der Waals surface area (Å²) in [6, 6.07) is 7.79. The number of nitrogens with one attached hydrogen (secondary N) is 1. The molecule has 3 nitrogen and oxygen atoms in total. The van der Waals surface area contributed by atoms with Crippen LogP contribution in [0.1, 0.15) is 12.5 Å². The first-order valence-electron chi connectivity index (χ1n) is 3.85. The van der Waals surface area contributed by atoms with Crippen LogP contribution >= 0.6 is 0 Å². The van der Waals surface area contributed by atoms with Crippen molar-refractivity contribution in [3.8, 4) is 5.75 Å². The summed E-state index contributed by atoms with van der Waals surface area (Å²) in [6.07, 6.45) is 0. The molecule has 3 heteroatoms. The summed E-state index contributed by atoms with van der Waals surface area (Å²) >= 11 is 0. The quantitative estimate of drug-likeness (QED) is 0.682. The Bertz CT molecular complexity index is 300. The van der Waals surface area contributed by atoms with Crippen LogP contribution in [-0.4, -0.2) is 7.11 Å². The maximum atomic E-state index is 5.29. The fourth-order valence-corrected chi connectivity index (χ4v) is 1.31. The zero-order chi connectivity index (χ0) is 8.60. The Morgan fingerprint density at radius 3 is 2.92 bits per heavy atom. The predicted octanol–water partition coefficient (Wildman–Crippen LogP) is 1.40. The lowest BCUT2D eigenvalue weighted by Crippen LogP contribution is -2.37. The second kappa shape index (κ2) is 2.47. The molecule has 0 aliphatic carbocycles. The molecule has 0 bridgehead atoms. The van der Waals surface area contributed by atoms with Crippen LogP contribution in [0.3, 0.4) is 0 Å². The van der Waals surface area contributed by atoms with Crippen molar-refractivity contribution in [2.24, 2.45) is 0 Å². The van der Waals surface area contributed by atoms with Gasteiger partial charge in [-0.15, -0.1) is 5.48 Å². The number of hydrogen-bond donors (Lipinski definition) is 1. The Balaban J connectivity index is 2.49. The van der Waals surface area contributed by atoms with Crippen molar-refractivity contribution < 1.29 is 9.57 Å². The van der Waals surface area contributed by atoms with Crippen molar-refractivity contribution in [3.63, 3.8) is 0 Å². The highest BCUT2D eigenvalue weighted by Gasteiger charge is 2.35. The Kier molecular flexibility index (Phi) is 1.56. The first kappa shape index (κ1) is 7.58. The van der Waals surface area contributed by atoms with Gasteiger partial charge in [-0.2, -0.15) is 0 Å². The number of fused-ring (bicyclic) bond motifs is 1. The summed E-state index contributed by atoms with van der Waals surface area (Å²) in [5.74, 6) is 0.835. The van der Waals surface area contributed by atoms with Gasteiger partial charge < -0.3 is 9.57 Å². The summed E-state index contributed by atoms with van der Waals surface area (Å²) in [4.78, 5) is 5.23. The highest BCUT2D eigenvalue weighted by molar-refractivity contribution is 5.39. The van der Waals surface area contributed by atoms with Crippen LogP contribution in [0.15, 0.2) is 24.3 Å². The van der Waals surface area contributed by atoms with Crippen LogP contribution in [0.5, 0.6) is 5.75 Å². The summed E-state index contributed by atoms with van der Waals surface area (Å²) in [6.45, 7) is 1.93. The molecule has 1 N–H and O–H groups in total. The molecule has 1 atom stereocenters.